The Morgan fingerprint density at radius 3 is 1.06 bits per heavy atom. The highest BCUT2D eigenvalue weighted by Crippen LogP contribution is 2.64. The summed E-state index contributed by atoms with van der Waals surface area (Å²) >= 11 is 0. The monoisotopic (exact) mass is 914 g/mol. The molecule has 0 saturated heterocycles. The van der Waals surface area contributed by atoms with E-state index in [0.29, 0.717) is 11.8 Å². The quantitative estimate of drug-likeness (QED) is 0.150. The Hall–Kier alpha value is -7.68. The van der Waals surface area contributed by atoms with E-state index in [-0.39, 0.29) is 0 Å². The van der Waals surface area contributed by atoms with E-state index in [1.807, 2.05) is 0 Å². The molecule has 344 valence electrons. The van der Waals surface area contributed by atoms with Crippen LogP contribution in [0, 0.1) is 0 Å². The van der Waals surface area contributed by atoms with Crippen LogP contribution in [0.15, 0.2) is 218 Å². The number of anilines is 6. The van der Waals surface area contributed by atoms with Gasteiger partial charge in [0, 0.05) is 34.1 Å². The van der Waals surface area contributed by atoms with Crippen LogP contribution in [0.2, 0.25) is 0 Å². The average molecular weight is 915 g/mol. The highest BCUT2D eigenvalue weighted by molar-refractivity contribution is 6.04. The van der Waals surface area contributed by atoms with E-state index in [1.54, 1.807) is 0 Å². The molecule has 0 aliphatic heterocycles. The van der Waals surface area contributed by atoms with Crippen molar-refractivity contribution in [3.63, 3.8) is 0 Å². The minimum absolute atomic E-state index is 0.492. The molecule has 0 N–H and O–H groups in total. The van der Waals surface area contributed by atoms with E-state index in [1.165, 1.54) is 153 Å². The molecule has 14 rings (SSSR count). The first kappa shape index (κ1) is 42.2. The summed E-state index contributed by atoms with van der Waals surface area (Å²) in [5.74, 6) is 1.34. The van der Waals surface area contributed by atoms with Crippen LogP contribution in [0.4, 0.5) is 34.1 Å². The Balaban J connectivity index is 0.930. The van der Waals surface area contributed by atoms with E-state index < -0.39 is 5.41 Å². The van der Waals surface area contributed by atoms with Crippen molar-refractivity contribution in [2.75, 3.05) is 9.80 Å². The summed E-state index contributed by atoms with van der Waals surface area (Å²) in [4.78, 5) is 4.88. The number of hydrogen-bond acceptors (Lipinski definition) is 2. The van der Waals surface area contributed by atoms with Crippen LogP contribution in [0.1, 0.15) is 109 Å². The fraction of sp³-hybridized carbons (Fsp3) is 0.188. The lowest BCUT2D eigenvalue weighted by Gasteiger charge is -2.31. The third kappa shape index (κ3) is 6.97. The Labute approximate surface area is 418 Å². The van der Waals surface area contributed by atoms with Crippen LogP contribution >= 0.6 is 0 Å². The van der Waals surface area contributed by atoms with Crippen molar-refractivity contribution in [2.45, 2.75) is 81.5 Å². The zero-order valence-electron chi connectivity index (χ0n) is 40.4. The first-order valence-corrected chi connectivity index (χ1v) is 26.5. The molecule has 0 atom stereocenters. The van der Waals surface area contributed by atoms with Gasteiger partial charge in [0.1, 0.15) is 0 Å². The summed E-state index contributed by atoms with van der Waals surface area (Å²) in [5, 5.41) is 4.99. The van der Waals surface area contributed by atoms with Crippen molar-refractivity contribution in [3.05, 3.63) is 252 Å². The highest BCUT2D eigenvalue weighted by atomic mass is 15.1. The molecular formula is C69H58N2. The topological polar surface area (TPSA) is 6.48 Å². The fourth-order valence-corrected chi connectivity index (χ4v) is 13.6. The number of hydrogen-bond donors (Lipinski definition) is 0. The van der Waals surface area contributed by atoms with Gasteiger partial charge < -0.3 is 9.80 Å². The molecule has 0 heterocycles. The van der Waals surface area contributed by atoms with Crippen molar-refractivity contribution in [1.82, 2.24) is 0 Å². The smallest absolute Gasteiger partial charge is 0.0725 e. The van der Waals surface area contributed by atoms with Gasteiger partial charge in [0.15, 0.2) is 0 Å². The van der Waals surface area contributed by atoms with E-state index in [2.05, 4.69) is 228 Å². The second kappa shape index (κ2) is 17.3. The molecule has 10 aromatic rings. The summed E-state index contributed by atoms with van der Waals surface area (Å²) in [6, 6.07) is 83.5. The van der Waals surface area contributed by atoms with Gasteiger partial charge >= 0.3 is 0 Å². The summed E-state index contributed by atoms with van der Waals surface area (Å²) in [6.07, 6.45) is 13.3. The van der Waals surface area contributed by atoms with Crippen LogP contribution < -0.4 is 9.80 Å². The number of fused-ring (bicyclic) bond motifs is 12. The molecule has 2 heteroatoms. The van der Waals surface area contributed by atoms with Crippen LogP contribution in [-0.2, 0) is 5.41 Å². The molecule has 10 aromatic carbocycles. The second-order valence-electron chi connectivity index (χ2n) is 20.9. The van der Waals surface area contributed by atoms with E-state index in [9.17, 15) is 0 Å². The Kier molecular flexibility index (Phi) is 10.3. The fourth-order valence-electron chi connectivity index (χ4n) is 13.6. The minimum Gasteiger partial charge on any atom is -0.310 e. The lowest BCUT2D eigenvalue weighted by Crippen LogP contribution is -2.25. The molecule has 71 heavy (non-hydrogen) atoms. The highest BCUT2D eigenvalue weighted by Gasteiger charge is 2.52. The van der Waals surface area contributed by atoms with Crippen molar-refractivity contribution in [1.29, 1.82) is 0 Å². The molecule has 0 radical (unpaired) electrons. The molecule has 0 amide bonds. The molecule has 0 unspecified atom stereocenters. The zero-order valence-corrected chi connectivity index (χ0v) is 40.4. The van der Waals surface area contributed by atoms with E-state index in [4.69, 9.17) is 0 Å². The predicted octanol–water partition coefficient (Wildman–Crippen LogP) is 19.4. The van der Waals surface area contributed by atoms with Gasteiger partial charge in [0.2, 0.25) is 0 Å². The van der Waals surface area contributed by atoms with Gasteiger partial charge in [-0.2, -0.15) is 0 Å². The molecule has 0 bridgehead atoms. The lowest BCUT2D eigenvalue weighted by atomic mass is 9.70. The Morgan fingerprint density at radius 2 is 0.634 bits per heavy atom. The molecule has 0 aromatic heterocycles. The van der Waals surface area contributed by atoms with Gasteiger partial charge in [0.25, 0.3) is 0 Å². The summed E-state index contributed by atoms with van der Waals surface area (Å²) in [5.41, 5.74) is 20.2. The second-order valence-corrected chi connectivity index (χ2v) is 20.9. The third-order valence-corrected chi connectivity index (χ3v) is 17.0. The number of benzene rings is 10. The third-order valence-electron chi connectivity index (χ3n) is 17.0. The van der Waals surface area contributed by atoms with Gasteiger partial charge in [-0.05, 0) is 212 Å². The maximum absolute atomic E-state index is 2.55. The molecule has 4 aliphatic carbocycles. The standard InChI is InChI=1S/C69H58N2/c1-5-17-47(18-6-1)49-29-35-57(36-30-49)70(55-21-9-3-10-22-55)59-39-33-51-43-63-64-44-52-34-40-60(71(56-23-11-4-12-24-56)58-37-31-50(32-38-58)48-19-7-2-8-20-48)42-54(52)46-68(64)69(67(63)45-53(51)41-59)65-27-15-13-25-61(65)62-26-14-16-28-66(62)69/h3-4,9-16,21-48H,1-2,5-8,17-20H2. The van der Waals surface area contributed by atoms with E-state index in [0.717, 1.165) is 22.7 Å². The lowest BCUT2D eigenvalue weighted by molar-refractivity contribution is 0.443. The normalized spacial score (nSPS) is 15.9. The molecule has 2 saturated carbocycles. The van der Waals surface area contributed by atoms with Crippen molar-refractivity contribution in [3.8, 4) is 22.3 Å². The minimum atomic E-state index is -0.492. The first-order valence-electron chi connectivity index (χ1n) is 26.5. The molecular weight excluding hydrogens is 857 g/mol. The predicted molar refractivity (Wildman–Crippen MR) is 299 cm³/mol. The van der Waals surface area contributed by atoms with Crippen molar-refractivity contribution >= 4 is 55.7 Å². The first-order chi connectivity index (χ1) is 35.2. The summed E-state index contributed by atoms with van der Waals surface area (Å²) in [6.45, 7) is 0. The van der Waals surface area contributed by atoms with E-state index >= 15 is 0 Å². The zero-order chi connectivity index (χ0) is 46.9. The van der Waals surface area contributed by atoms with Gasteiger partial charge in [-0.15, -0.1) is 0 Å². The van der Waals surface area contributed by atoms with Gasteiger partial charge in [-0.25, -0.2) is 0 Å². The van der Waals surface area contributed by atoms with Crippen molar-refractivity contribution < 1.29 is 0 Å². The number of para-hydroxylation sites is 2. The molecule has 2 nitrogen and oxygen atoms in total. The molecule has 4 aliphatic rings. The van der Waals surface area contributed by atoms with Gasteiger partial charge in [0.05, 0.1) is 5.41 Å². The summed E-state index contributed by atoms with van der Waals surface area (Å²) in [7, 11) is 0. The van der Waals surface area contributed by atoms with Crippen LogP contribution in [0.3, 0.4) is 0 Å². The van der Waals surface area contributed by atoms with Crippen LogP contribution in [0.25, 0.3) is 43.8 Å². The van der Waals surface area contributed by atoms with Gasteiger partial charge in [-0.1, -0.05) is 160 Å². The maximum atomic E-state index is 2.55. The van der Waals surface area contributed by atoms with Crippen molar-refractivity contribution in [2.24, 2.45) is 0 Å². The van der Waals surface area contributed by atoms with Gasteiger partial charge in [-0.3, -0.25) is 0 Å². The number of nitrogens with zero attached hydrogens (tertiary/aromatic N) is 2. The average Bonchev–Trinajstić information content (AvgIpc) is 3.89. The maximum Gasteiger partial charge on any atom is 0.0725 e. The molecule has 2 fully saturated rings. The Morgan fingerprint density at radius 1 is 0.268 bits per heavy atom. The Bertz CT molecular complexity index is 3360. The number of rotatable bonds is 8. The van der Waals surface area contributed by atoms with Crippen LogP contribution in [-0.4, -0.2) is 0 Å². The SMILES string of the molecule is c1ccc(N(c2ccc(C3CCCCC3)cc2)c2ccc3cc4c(cc3c2)C2(c3ccccc3-c3ccccc32)c2cc3cc(N(c5ccccc5)c5ccc(C6CCCCC6)cc5)ccc3cc2-4)cc1. The van der Waals surface area contributed by atoms with Crippen LogP contribution in [0.5, 0.6) is 0 Å². The largest absolute Gasteiger partial charge is 0.310 e. The molecule has 1 spiro atoms. The summed E-state index contributed by atoms with van der Waals surface area (Å²) < 4.78 is 0.